The van der Waals surface area contributed by atoms with Gasteiger partial charge in [-0.05, 0) is 74.9 Å². The van der Waals surface area contributed by atoms with Crippen molar-refractivity contribution < 1.29 is 9.59 Å². The Kier molecular flexibility index (Phi) is 3.94. The van der Waals surface area contributed by atoms with Gasteiger partial charge in [0.15, 0.2) is 5.11 Å². The lowest BCUT2D eigenvalue weighted by atomic mass is 9.77. The molecule has 0 aromatic heterocycles. The molecule has 0 aromatic rings. The zero-order chi connectivity index (χ0) is 16.9. The number of rotatable bonds is 2. The van der Waals surface area contributed by atoms with Crippen LogP contribution in [-0.4, -0.2) is 33.6 Å². The van der Waals surface area contributed by atoms with E-state index in [9.17, 15) is 9.59 Å². The fourth-order valence-corrected chi connectivity index (χ4v) is 5.28. The highest BCUT2D eigenvalue weighted by molar-refractivity contribution is 7.80. The number of urea groups is 1. The summed E-state index contributed by atoms with van der Waals surface area (Å²) in [5, 5.41) is 7.69. The standard InChI is InChI=1S/C17H26N4O2S/c1-10-4-6-17(7-5-10)14(22)21(16(23)19-17)20-15(24)18-13-9-11-2-3-12(13)8-11/h10-13H,2-9H2,1H3,(H,19,23)(H2,18,20,24)/t10?,11-,12-,13-,17?/m0/s1. The molecule has 3 N–H and O–H groups in total. The number of amides is 3. The minimum absolute atomic E-state index is 0.184. The molecule has 4 fully saturated rings. The van der Waals surface area contributed by atoms with Crippen LogP contribution in [0, 0.1) is 17.8 Å². The summed E-state index contributed by atoms with van der Waals surface area (Å²) in [5.41, 5.74) is 2.12. The molecule has 3 amide bonds. The summed E-state index contributed by atoms with van der Waals surface area (Å²) < 4.78 is 0. The summed E-state index contributed by atoms with van der Waals surface area (Å²) in [4.78, 5) is 25.1. The van der Waals surface area contributed by atoms with E-state index < -0.39 is 5.54 Å². The smallest absolute Gasteiger partial charge is 0.344 e. The lowest BCUT2D eigenvalue weighted by molar-refractivity contribution is -0.133. The lowest BCUT2D eigenvalue weighted by Crippen LogP contribution is -2.55. The third kappa shape index (κ3) is 2.66. The predicted octanol–water partition coefficient (Wildman–Crippen LogP) is 2.05. The normalized spacial score (nSPS) is 41.0. The number of hydrazine groups is 1. The average molecular weight is 350 g/mol. The van der Waals surface area contributed by atoms with E-state index in [4.69, 9.17) is 12.2 Å². The minimum Gasteiger partial charge on any atom is -0.358 e. The Morgan fingerprint density at radius 1 is 1.21 bits per heavy atom. The van der Waals surface area contributed by atoms with Crippen molar-refractivity contribution in [2.45, 2.75) is 69.9 Å². The molecule has 7 heteroatoms. The molecule has 0 unspecified atom stereocenters. The zero-order valence-corrected chi connectivity index (χ0v) is 15.0. The largest absolute Gasteiger partial charge is 0.358 e. The molecule has 4 rings (SSSR count). The first-order valence-electron chi connectivity index (χ1n) is 9.21. The third-order valence-electron chi connectivity index (χ3n) is 6.56. The minimum atomic E-state index is -0.724. The van der Waals surface area contributed by atoms with E-state index in [0.29, 0.717) is 35.8 Å². The van der Waals surface area contributed by atoms with Gasteiger partial charge >= 0.3 is 6.03 Å². The molecule has 132 valence electrons. The summed E-state index contributed by atoms with van der Waals surface area (Å²) in [6, 6.07) is 0.000604. The number of hydrogen-bond acceptors (Lipinski definition) is 3. The van der Waals surface area contributed by atoms with Gasteiger partial charge in [-0.2, -0.15) is 5.01 Å². The Morgan fingerprint density at radius 2 is 1.96 bits per heavy atom. The van der Waals surface area contributed by atoms with Crippen LogP contribution in [0.3, 0.4) is 0 Å². The van der Waals surface area contributed by atoms with Crippen LogP contribution in [-0.2, 0) is 4.79 Å². The predicted molar refractivity (Wildman–Crippen MR) is 93.8 cm³/mol. The number of nitrogens with zero attached hydrogens (tertiary/aromatic N) is 1. The molecule has 0 radical (unpaired) electrons. The lowest BCUT2D eigenvalue weighted by Gasteiger charge is -2.33. The van der Waals surface area contributed by atoms with Crippen molar-refractivity contribution in [3.8, 4) is 0 Å². The van der Waals surface area contributed by atoms with Crippen molar-refractivity contribution in [2.75, 3.05) is 0 Å². The quantitative estimate of drug-likeness (QED) is 0.525. The molecule has 3 atom stereocenters. The first-order chi connectivity index (χ1) is 11.5. The molecule has 1 saturated heterocycles. The highest BCUT2D eigenvalue weighted by atomic mass is 32.1. The number of carbonyl (C=O) groups excluding carboxylic acids is 2. The Bertz CT molecular complexity index is 573. The van der Waals surface area contributed by atoms with Crippen LogP contribution in [0.5, 0.6) is 0 Å². The molecule has 1 spiro atoms. The highest BCUT2D eigenvalue weighted by Crippen LogP contribution is 2.44. The molecular formula is C17H26N4O2S. The van der Waals surface area contributed by atoms with Gasteiger partial charge in [-0.25, -0.2) is 4.79 Å². The van der Waals surface area contributed by atoms with E-state index in [0.717, 1.165) is 30.2 Å². The van der Waals surface area contributed by atoms with Crippen LogP contribution in [0.25, 0.3) is 0 Å². The number of imide groups is 1. The average Bonchev–Trinajstić information content (AvgIpc) is 3.21. The number of hydrogen-bond donors (Lipinski definition) is 3. The molecule has 1 aliphatic heterocycles. The molecule has 3 saturated carbocycles. The van der Waals surface area contributed by atoms with E-state index in [1.54, 1.807) is 0 Å². The number of carbonyl (C=O) groups is 2. The van der Waals surface area contributed by atoms with Gasteiger partial charge in [-0.15, -0.1) is 0 Å². The molecule has 24 heavy (non-hydrogen) atoms. The fourth-order valence-electron chi connectivity index (χ4n) is 5.04. The van der Waals surface area contributed by atoms with Crippen LogP contribution in [0.1, 0.15) is 58.3 Å². The fraction of sp³-hybridized carbons (Fsp3) is 0.824. The maximum absolute atomic E-state index is 12.8. The second-order valence-electron chi connectivity index (χ2n) is 8.20. The Balaban J connectivity index is 1.36. The van der Waals surface area contributed by atoms with Crippen molar-refractivity contribution in [2.24, 2.45) is 17.8 Å². The van der Waals surface area contributed by atoms with E-state index in [1.165, 1.54) is 19.3 Å². The Morgan fingerprint density at radius 3 is 2.58 bits per heavy atom. The number of fused-ring (bicyclic) bond motifs is 2. The SMILES string of the molecule is CC1CCC2(CC1)NC(=O)N(NC(=S)N[C@H]1C[C@H]3CC[C@H]1C3)C2=O. The Hall–Kier alpha value is -1.37. The number of nitrogens with one attached hydrogen (secondary N) is 3. The molecule has 1 heterocycles. The Labute approximate surface area is 148 Å². The van der Waals surface area contributed by atoms with Crippen LogP contribution in [0.2, 0.25) is 0 Å². The molecule has 2 bridgehead atoms. The number of thiocarbonyl (C=S) groups is 1. The summed E-state index contributed by atoms with van der Waals surface area (Å²) in [7, 11) is 0. The maximum atomic E-state index is 12.8. The van der Waals surface area contributed by atoms with Crippen molar-refractivity contribution in [3.05, 3.63) is 0 Å². The second-order valence-corrected chi connectivity index (χ2v) is 8.61. The van der Waals surface area contributed by atoms with Crippen molar-refractivity contribution in [3.63, 3.8) is 0 Å². The van der Waals surface area contributed by atoms with E-state index in [-0.39, 0.29) is 11.9 Å². The van der Waals surface area contributed by atoms with Gasteiger partial charge in [0.1, 0.15) is 5.54 Å². The van der Waals surface area contributed by atoms with Gasteiger partial charge < -0.3 is 10.6 Å². The maximum Gasteiger partial charge on any atom is 0.344 e. The summed E-state index contributed by atoms with van der Waals surface area (Å²) in [5.74, 6) is 1.93. The van der Waals surface area contributed by atoms with Crippen LogP contribution in [0.4, 0.5) is 4.79 Å². The van der Waals surface area contributed by atoms with Crippen LogP contribution < -0.4 is 16.1 Å². The van der Waals surface area contributed by atoms with Crippen LogP contribution >= 0.6 is 12.2 Å². The second kappa shape index (κ2) is 5.86. The van der Waals surface area contributed by atoms with Crippen molar-refractivity contribution >= 4 is 29.3 Å². The monoisotopic (exact) mass is 350 g/mol. The molecule has 6 nitrogen and oxygen atoms in total. The van der Waals surface area contributed by atoms with Crippen molar-refractivity contribution in [1.29, 1.82) is 0 Å². The third-order valence-corrected chi connectivity index (χ3v) is 6.77. The van der Waals surface area contributed by atoms with Gasteiger partial charge in [-0.3, -0.25) is 10.2 Å². The van der Waals surface area contributed by atoms with Gasteiger partial charge in [0, 0.05) is 6.04 Å². The highest BCUT2D eigenvalue weighted by Gasteiger charge is 2.52. The van der Waals surface area contributed by atoms with Crippen molar-refractivity contribution in [1.82, 2.24) is 21.1 Å². The van der Waals surface area contributed by atoms with Gasteiger partial charge in [-0.1, -0.05) is 13.3 Å². The molecule has 0 aromatic carbocycles. The van der Waals surface area contributed by atoms with Gasteiger partial charge in [0.25, 0.3) is 5.91 Å². The summed E-state index contributed by atoms with van der Waals surface area (Å²) in [6.45, 7) is 2.19. The zero-order valence-electron chi connectivity index (χ0n) is 14.1. The van der Waals surface area contributed by atoms with E-state index in [1.807, 2.05) is 0 Å². The van der Waals surface area contributed by atoms with Crippen LogP contribution in [0.15, 0.2) is 0 Å². The molecular weight excluding hydrogens is 324 g/mol. The van der Waals surface area contributed by atoms with E-state index >= 15 is 0 Å². The molecule has 4 aliphatic rings. The van der Waals surface area contributed by atoms with E-state index in [2.05, 4.69) is 23.0 Å². The van der Waals surface area contributed by atoms with Gasteiger partial charge in [0.2, 0.25) is 0 Å². The first-order valence-corrected chi connectivity index (χ1v) is 9.61. The molecule has 3 aliphatic carbocycles. The summed E-state index contributed by atoms with van der Waals surface area (Å²) >= 11 is 5.36. The first kappa shape index (κ1) is 16.1. The summed E-state index contributed by atoms with van der Waals surface area (Å²) in [6.07, 6.45) is 8.37. The van der Waals surface area contributed by atoms with Gasteiger partial charge in [0.05, 0.1) is 0 Å². The topological polar surface area (TPSA) is 73.5 Å².